The largest absolute Gasteiger partial charge is 0.508 e. The maximum Gasteiger partial charge on any atom is 0.325 e. The summed E-state index contributed by atoms with van der Waals surface area (Å²) in [6, 6.07) is 7.07. The van der Waals surface area contributed by atoms with Gasteiger partial charge in [-0.2, -0.15) is 0 Å². The van der Waals surface area contributed by atoms with Gasteiger partial charge in [0, 0.05) is 17.3 Å². The van der Waals surface area contributed by atoms with Crippen LogP contribution in [0.25, 0.3) is 11.1 Å². The Balaban J connectivity index is 0.998. The molecule has 32 nitrogen and oxygen atoms in total. The summed E-state index contributed by atoms with van der Waals surface area (Å²) in [6.45, 7) is 5.82. The molecule has 16 rings (SSSR count). The van der Waals surface area contributed by atoms with Gasteiger partial charge in [-0.1, -0.05) is 43.6 Å². The summed E-state index contributed by atoms with van der Waals surface area (Å²) in [5.74, 6) is -10.7. The van der Waals surface area contributed by atoms with Crippen LogP contribution in [0.1, 0.15) is 128 Å². The number of aryl methyl sites for hydroxylation is 2. The van der Waals surface area contributed by atoms with E-state index in [4.69, 9.17) is 35.3 Å². The first-order valence-electron chi connectivity index (χ1n) is 36.9. The smallest absolute Gasteiger partial charge is 0.325 e. The number of urea groups is 1. The van der Waals surface area contributed by atoms with E-state index in [0.717, 1.165) is 44.2 Å². The molecule has 0 spiro atoms. The second-order valence-corrected chi connectivity index (χ2v) is 30.6. The number of hydrogen-bond acceptors (Lipinski definition) is 23. The lowest BCUT2D eigenvalue weighted by Gasteiger charge is -2.54. The predicted octanol–water partition coefficient (Wildman–Crippen LogP) is 3.85. The third-order valence-electron chi connectivity index (χ3n) is 22.0. The number of likely N-dealkylation sites (N-methyl/N-ethyl adjacent to an activating group) is 1. The lowest BCUT2D eigenvalue weighted by molar-refractivity contribution is -0.277. The van der Waals surface area contributed by atoms with E-state index in [-0.39, 0.29) is 103 Å². The van der Waals surface area contributed by atoms with E-state index in [1.807, 2.05) is 13.8 Å². The van der Waals surface area contributed by atoms with Crippen LogP contribution in [0.2, 0.25) is 5.02 Å². The molecule has 112 heavy (non-hydrogen) atoms. The van der Waals surface area contributed by atoms with Crippen molar-refractivity contribution in [3.63, 3.8) is 0 Å². The molecule has 33 heteroatoms. The van der Waals surface area contributed by atoms with E-state index in [0.29, 0.717) is 17.6 Å². The SMILES string of the molecule is CN[C@H](CC(C)C)C(=O)N[C@H]1C(=O)N[C@@H](CC(=O)NC(=O)Nc2ccc(OC)cc2)C(=O)N[C@H]2C(=O)N[C@@H]3C(=O)N[C@H](C(=O)N[C@H](C(=O)NC4C5CC6CC(C5)CC4C6)c4cc(O)cc(C)c4-c4cc3ccc4O)[C@H](O)c3ccc(c(Cl)c3)Oc3cc2cc(c3O[C@@H]2O[C@H](CO)[C@@H](O)[C@H](O)[C@H]2O)Oc2ccc(cc2C)[C@H]1O. The minimum Gasteiger partial charge on any atom is -0.508 e. The molecule has 1 saturated heterocycles. The molecule has 0 aromatic heterocycles. The molecule has 0 radical (unpaired) electrons. The average molecular weight is 1570 g/mol. The molecule has 10 aliphatic rings. The molecule has 4 aliphatic carbocycles. The fourth-order valence-electron chi connectivity index (χ4n) is 16.6. The quantitative estimate of drug-likeness (QED) is 0.0736. The van der Waals surface area contributed by atoms with Gasteiger partial charge in [0.05, 0.1) is 31.2 Å². The van der Waals surface area contributed by atoms with Crippen LogP contribution < -0.4 is 72.1 Å². The maximum atomic E-state index is 16.4. The van der Waals surface area contributed by atoms with Gasteiger partial charge in [-0.3, -0.25) is 43.7 Å². The van der Waals surface area contributed by atoms with E-state index < -0.39 is 180 Å². The number of ether oxygens (including phenoxy) is 5. The van der Waals surface area contributed by atoms with Crippen molar-refractivity contribution in [1.29, 1.82) is 0 Å². The summed E-state index contributed by atoms with van der Waals surface area (Å²) in [5, 5.41) is 119. The molecule has 4 saturated carbocycles. The van der Waals surface area contributed by atoms with Crippen LogP contribution in [0, 0.1) is 43.4 Å². The number of phenols is 2. The Hall–Kier alpha value is -10.7. The van der Waals surface area contributed by atoms with Gasteiger partial charge in [-0.25, -0.2) is 4.79 Å². The molecule has 6 heterocycles. The predicted molar refractivity (Wildman–Crippen MR) is 398 cm³/mol. The Morgan fingerprint density at radius 1 is 0.634 bits per heavy atom. The number of anilines is 1. The van der Waals surface area contributed by atoms with Crippen LogP contribution in [0.5, 0.6) is 46.0 Å². The van der Waals surface area contributed by atoms with Gasteiger partial charge in [-0.05, 0) is 218 Å². The number of carbonyl (C=O) groups is 9. The Morgan fingerprint density at radius 2 is 1.27 bits per heavy atom. The van der Waals surface area contributed by atoms with E-state index in [2.05, 4.69) is 53.2 Å². The number of nitrogens with one attached hydrogen (secondary N) is 10. The topological polar surface area (TPSA) is 482 Å². The molecule has 5 fully saturated rings. The number of aromatic hydroxyl groups is 2. The van der Waals surface area contributed by atoms with Crippen LogP contribution >= 0.6 is 11.6 Å². The van der Waals surface area contributed by atoms with E-state index in [9.17, 15) is 55.2 Å². The standard InChI is InChI=1S/C79H89ClN10O22/c1-32(2)17-49(81-5)71(100)89-63-65(95)38-8-15-52(33(3)18-38)109-54-27-42-28-55(70(54)112-78-69(99)68(98)67(97)56(31-91)111-78)110-53-16-9-39(26-48(53)80)66(96)64-77(106)88-62(75(104)85-59-40-21-35-20-36(23-40)24-41(59)22-35)47-29-44(92)19-34(4)58(47)46-25-37(7-14-51(46)93)60(73(102)90-64)87-74(103)61(42)86-72(101)50(83-76(63)105)30-57(94)84-79(107)82-43-10-12-45(108-6)13-11-43/h7-16,18-19,25-29,32,35-36,40-41,49-50,56,59-69,78,81,91-93,95-99H,17,20-24,30-31H2,1-6H3,(H,83,105)(H,85,104)(H,86,101)(H,87,103)(H,88,106)(H,89,100)(H,90,102)(H2,82,84,94,107)/t35?,36?,40?,41?,49-,50+,56-,59?,60+,61-,62+,63-,64+,65-,66-,67-,68+,69-,78+/m1/s1. The van der Waals surface area contributed by atoms with Crippen molar-refractivity contribution in [2.24, 2.45) is 29.6 Å². The number of aliphatic hydroxyl groups is 6. The third kappa shape index (κ3) is 16.6. The van der Waals surface area contributed by atoms with E-state index in [1.54, 1.807) is 6.92 Å². The Morgan fingerprint density at radius 3 is 1.91 bits per heavy atom. The maximum absolute atomic E-state index is 16.4. The molecular weight excluding hydrogens is 1480 g/mol. The molecule has 594 valence electrons. The highest BCUT2D eigenvalue weighted by Gasteiger charge is 2.51. The first kappa shape index (κ1) is 79.4. The van der Waals surface area contributed by atoms with E-state index in [1.165, 1.54) is 112 Å². The molecule has 0 unspecified atom stereocenters. The van der Waals surface area contributed by atoms with Crippen molar-refractivity contribution >= 4 is 70.6 Å². The van der Waals surface area contributed by atoms with Crippen LogP contribution in [0.4, 0.5) is 10.5 Å². The van der Waals surface area contributed by atoms with Gasteiger partial charge in [0.1, 0.15) is 102 Å². The Kier molecular flexibility index (Phi) is 23.4. The lowest BCUT2D eigenvalue weighted by atomic mass is 9.54. The zero-order valence-electron chi connectivity index (χ0n) is 61.7. The molecule has 14 atom stereocenters. The molecule has 15 bridgehead atoms. The van der Waals surface area contributed by atoms with Crippen molar-refractivity contribution in [2.75, 3.05) is 26.1 Å². The summed E-state index contributed by atoms with van der Waals surface area (Å²) in [7, 11) is 2.92. The summed E-state index contributed by atoms with van der Waals surface area (Å²) >= 11 is 7.18. The summed E-state index contributed by atoms with van der Waals surface area (Å²) in [5.41, 5.74) is -0.266. The lowest BCUT2D eigenvalue weighted by Crippen LogP contribution is -2.60. The molecule has 6 aromatic rings. The number of halogens is 1. The number of aliphatic hydroxyl groups excluding tert-OH is 6. The van der Waals surface area contributed by atoms with Crippen molar-refractivity contribution < 1.29 is 108 Å². The molecule has 6 aliphatic heterocycles. The minimum absolute atomic E-state index is 0.0376. The third-order valence-corrected chi connectivity index (χ3v) is 22.3. The second kappa shape index (κ2) is 32.9. The van der Waals surface area contributed by atoms with Gasteiger partial charge in [-0.15, -0.1) is 0 Å². The van der Waals surface area contributed by atoms with Gasteiger partial charge >= 0.3 is 6.03 Å². The average Bonchev–Trinajstić information content (AvgIpc) is 0.761. The number of amides is 10. The highest BCUT2D eigenvalue weighted by Crippen LogP contribution is 2.55. The fourth-order valence-corrected chi connectivity index (χ4v) is 16.8. The first-order valence-corrected chi connectivity index (χ1v) is 37.3. The number of methoxy groups -OCH3 is 1. The number of rotatable bonds is 14. The summed E-state index contributed by atoms with van der Waals surface area (Å²) in [4.78, 5) is 137. The minimum atomic E-state index is -2.31. The molecule has 18 N–H and O–H groups in total. The zero-order chi connectivity index (χ0) is 80.0. The number of fused-ring (bicyclic) bond motifs is 15. The highest BCUT2D eigenvalue weighted by molar-refractivity contribution is 6.32. The zero-order valence-corrected chi connectivity index (χ0v) is 62.4. The van der Waals surface area contributed by atoms with Crippen molar-refractivity contribution in [1.82, 2.24) is 47.9 Å². The number of hydrogen-bond donors (Lipinski definition) is 18. The molecular formula is C79H89ClN10O22. The summed E-state index contributed by atoms with van der Waals surface area (Å²) < 4.78 is 30.9. The van der Waals surface area contributed by atoms with Gasteiger partial charge in [0.15, 0.2) is 11.5 Å². The first-order chi connectivity index (χ1) is 53.4. The number of benzene rings is 6. The highest BCUT2D eigenvalue weighted by atomic mass is 35.5. The van der Waals surface area contributed by atoms with E-state index >= 15 is 28.8 Å². The van der Waals surface area contributed by atoms with Gasteiger partial charge in [0.25, 0.3) is 0 Å². The second-order valence-electron chi connectivity index (χ2n) is 30.2. The Bertz CT molecular complexity index is 4650. The van der Waals surface area contributed by atoms with Crippen molar-refractivity contribution in [3.8, 4) is 57.1 Å². The number of carbonyl (C=O) groups excluding carboxylic acids is 9. The van der Waals surface area contributed by atoms with Crippen LogP contribution in [-0.4, -0.2) is 176 Å². The van der Waals surface area contributed by atoms with Gasteiger partial charge < -0.3 is 112 Å². The molecule has 6 aromatic carbocycles. The fraction of sp³-hybridized carbons (Fsp3) is 0.430. The summed E-state index contributed by atoms with van der Waals surface area (Å²) in [6.07, 6.45) is -10.2. The van der Waals surface area contributed by atoms with Gasteiger partial charge in [0.2, 0.25) is 59.3 Å². The monoisotopic (exact) mass is 1560 g/mol. The normalized spacial score (nSPS) is 28.3. The molecule has 10 amide bonds. The van der Waals surface area contributed by atoms with Crippen LogP contribution in [-0.2, 0) is 43.1 Å². The van der Waals surface area contributed by atoms with Crippen molar-refractivity contribution in [2.45, 2.75) is 164 Å². The van der Waals surface area contributed by atoms with Crippen LogP contribution in [0.15, 0.2) is 103 Å². The number of phenolic OH excluding ortho intramolecular Hbond substituents is 2. The van der Waals surface area contributed by atoms with Crippen LogP contribution in [0.3, 0.4) is 0 Å². The van der Waals surface area contributed by atoms with Crippen molar-refractivity contribution in [3.05, 3.63) is 147 Å². The number of imide groups is 1. The Labute approximate surface area is 647 Å².